The fraction of sp³-hybridized carbons (Fsp3) is 0.583. The molecule has 0 radical (unpaired) electrons. The molecule has 2 N–H and O–H groups in total. The van der Waals surface area contributed by atoms with E-state index in [0.29, 0.717) is 12.6 Å². The van der Waals surface area contributed by atoms with Crippen molar-refractivity contribution in [2.75, 3.05) is 32.8 Å². The summed E-state index contributed by atoms with van der Waals surface area (Å²) >= 11 is 1.76. The molecule has 1 amide bonds. The molecule has 1 aliphatic heterocycles. The molecule has 0 spiro atoms. The summed E-state index contributed by atoms with van der Waals surface area (Å²) in [6.45, 7) is 5.95. The molecule has 1 atom stereocenters. The Morgan fingerprint density at radius 2 is 2.35 bits per heavy atom. The first-order chi connectivity index (χ1) is 8.27. The van der Waals surface area contributed by atoms with Gasteiger partial charge in [0.1, 0.15) is 19.1 Å². The third-order valence-electron chi connectivity index (χ3n) is 3.07. The highest BCUT2D eigenvalue weighted by molar-refractivity contribution is 7.10. The maximum atomic E-state index is 11.1. The third-order valence-corrected chi connectivity index (χ3v) is 4.06. The van der Waals surface area contributed by atoms with Crippen LogP contribution in [0.1, 0.15) is 17.8 Å². The molecule has 1 saturated heterocycles. The van der Waals surface area contributed by atoms with E-state index in [1.165, 1.54) is 9.78 Å². The lowest BCUT2D eigenvalue weighted by atomic mass is 10.2. The average molecular weight is 255 g/mol. The summed E-state index contributed by atoms with van der Waals surface area (Å²) in [4.78, 5) is 13.9. The first-order valence-electron chi connectivity index (χ1n) is 5.97. The highest BCUT2D eigenvalue weighted by atomic mass is 32.1. The Bertz CT molecular complexity index is 347. The van der Waals surface area contributed by atoms with Crippen LogP contribution in [0.15, 0.2) is 17.5 Å². The van der Waals surface area contributed by atoms with Gasteiger partial charge in [0.05, 0.1) is 24.6 Å². The summed E-state index contributed by atoms with van der Waals surface area (Å²) in [5, 5.41) is 5.03. The minimum Gasteiger partial charge on any atom is -0.370 e. The molecule has 17 heavy (non-hydrogen) atoms. The quantitative estimate of drug-likeness (QED) is 0.785. The van der Waals surface area contributed by atoms with Crippen LogP contribution in [0, 0.1) is 0 Å². The van der Waals surface area contributed by atoms with Crippen LogP contribution >= 0.6 is 11.3 Å². The predicted octanol–water partition coefficient (Wildman–Crippen LogP) is -0.160. The Balaban J connectivity index is 2.03. The summed E-state index contributed by atoms with van der Waals surface area (Å²) < 4.78 is 5.39. The average Bonchev–Trinajstić information content (AvgIpc) is 2.84. The van der Waals surface area contributed by atoms with Crippen LogP contribution < -0.4 is 10.2 Å². The van der Waals surface area contributed by atoms with Gasteiger partial charge in [-0.15, -0.1) is 11.3 Å². The first kappa shape index (κ1) is 12.5. The van der Waals surface area contributed by atoms with Crippen molar-refractivity contribution in [3.8, 4) is 0 Å². The predicted molar refractivity (Wildman–Crippen MR) is 67.3 cm³/mol. The number of ether oxygens (including phenoxy) is 1. The molecule has 4 nitrogen and oxygen atoms in total. The Labute approximate surface area is 106 Å². The van der Waals surface area contributed by atoms with Crippen LogP contribution in [-0.4, -0.2) is 38.8 Å². The third kappa shape index (κ3) is 3.52. The molecule has 1 aromatic heterocycles. The number of morpholine rings is 1. The standard InChI is InChI=1S/C12H18N2O2S/c1-10(15)13-9-11(12-3-2-8-17-12)14-4-6-16-7-5-14/h2-3,8,11H,4-7,9H2,1H3,(H,13,15)/p+1/t11-/m0/s1. The van der Waals surface area contributed by atoms with Crippen molar-refractivity contribution in [2.24, 2.45) is 0 Å². The lowest BCUT2D eigenvalue weighted by Crippen LogP contribution is -3.15. The van der Waals surface area contributed by atoms with Crippen LogP contribution in [-0.2, 0) is 9.53 Å². The van der Waals surface area contributed by atoms with E-state index < -0.39 is 0 Å². The number of nitrogens with one attached hydrogen (secondary N) is 2. The normalized spacial score (nSPS) is 18.9. The molecule has 1 fully saturated rings. The van der Waals surface area contributed by atoms with Crippen LogP contribution in [0.25, 0.3) is 0 Å². The minimum absolute atomic E-state index is 0.0409. The van der Waals surface area contributed by atoms with Gasteiger partial charge < -0.3 is 15.0 Å². The van der Waals surface area contributed by atoms with Crippen molar-refractivity contribution in [1.82, 2.24) is 5.32 Å². The monoisotopic (exact) mass is 255 g/mol. The highest BCUT2D eigenvalue weighted by Crippen LogP contribution is 2.16. The molecule has 0 aliphatic carbocycles. The number of rotatable bonds is 4. The lowest BCUT2D eigenvalue weighted by Gasteiger charge is -2.31. The molecular weight excluding hydrogens is 236 g/mol. The number of quaternary nitrogens is 1. The lowest BCUT2D eigenvalue weighted by molar-refractivity contribution is -0.937. The zero-order valence-corrected chi connectivity index (χ0v) is 10.9. The summed E-state index contributed by atoms with van der Waals surface area (Å²) in [7, 11) is 0. The van der Waals surface area contributed by atoms with Gasteiger partial charge in [0.15, 0.2) is 0 Å². The minimum atomic E-state index is 0.0409. The molecule has 2 heterocycles. The van der Waals surface area contributed by atoms with E-state index in [-0.39, 0.29) is 5.91 Å². The van der Waals surface area contributed by atoms with Crippen LogP contribution in [0.4, 0.5) is 0 Å². The summed E-state index contributed by atoms with van der Waals surface area (Å²) in [5.74, 6) is 0.0409. The van der Waals surface area contributed by atoms with Gasteiger partial charge in [0, 0.05) is 6.92 Å². The number of thiophene rings is 1. The molecule has 94 valence electrons. The van der Waals surface area contributed by atoms with E-state index in [1.54, 1.807) is 18.3 Å². The molecule has 1 aromatic rings. The Hall–Kier alpha value is -0.910. The highest BCUT2D eigenvalue weighted by Gasteiger charge is 2.27. The molecule has 1 aliphatic rings. The van der Waals surface area contributed by atoms with Gasteiger partial charge in [-0.25, -0.2) is 0 Å². The van der Waals surface area contributed by atoms with Crippen molar-refractivity contribution in [3.05, 3.63) is 22.4 Å². The molecule has 5 heteroatoms. The van der Waals surface area contributed by atoms with Crippen LogP contribution in [0.3, 0.4) is 0 Å². The molecule has 0 bridgehead atoms. The Kier molecular flexibility index (Phi) is 4.53. The van der Waals surface area contributed by atoms with E-state index >= 15 is 0 Å². The number of carbonyl (C=O) groups excluding carboxylic acids is 1. The fourth-order valence-electron chi connectivity index (χ4n) is 2.16. The molecule has 2 rings (SSSR count). The van der Waals surface area contributed by atoms with Gasteiger partial charge in [-0.3, -0.25) is 4.79 Å². The largest absolute Gasteiger partial charge is 0.370 e. The number of carbonyl (C=O) groups is 1. The van der Waals surface area contributed by atoms with Gasteiger partial charge in [-0.1, -0.05) is 6.07 Å². The summed E-state index contributed by atoms with van der Waals surface area (Å²) in [6.07, 6.45) is 0. The van der Waals surface area contributed by atoms with Crippen LogP contribution in [0.2, 0.25) is 0 Å². The maximum absolute atomic E-state index is 11.1. The Morgan fingerprint density at radius 3 is 2.94 bits per heavy atom. The van der Waals surface area contributed by atoms with Gasteiger partial charge in [0.2, 0.25) is 5.91 Å². The summed E-state index contributed by atoms with van der Waals surface area (Å²) in [6, 6.07) is 4.59. The van der Waals surface area contributed by atoms with Gasteiger partial charge in [-0.05, 0) is 11.4 Å². The topological polar surface area (TPSA) is 42.8 Å². The van der Waals surface area contributed by atoms with Gasteiger partial charge in [0.25, 0.3) is 0 Å². The molecule has 0 unspecified atom stereocenters. The fourth-order valence-corrected chi connectivity index (χ4v) is 3.05. The van der Waals surface area contributed by atoms with Crippen molar-refractivity contribution in [3.63, 3.8) is 0 Å². The van der Waals surface area contributed by atoms with E-state index in [1.807, 2.05) is 0 Å². The number of hydrogen-bond donors (Lipinski definition) is 2. The van der Waals surface area contributed by atoms with E-state index in [4.69, 9.17) is 4.74 Å². The zero-order valence-electron chi connectivity index (χ0n) is 10.1. The Morgan fingerprint density at radius 1 is 1.59 bits per heavy atom. The summed E-state index contributed by atoms with van der Waals surface area (Å²) in [5.41, 5.74) is 0. The second-order valence-electron chi connectivity index (χ2n) is 4.28. The van der Waals surface area contributed by atoms with Gasteiger partial charge in [-0.2, -0.15) is 0 Å². The second kappa shape index (κ2) is 6.14. The first-order valence-corrected chi connectivity index (χ1v) is 6.85. The van der Waals surface area contributed by atoms with Crippen LogP contribution in [0.5, 0.6) is 0 Å². The van der Waals surface area contributed by atoms with E-state index in [9.17, 15) is 4.79 Å². The second-order valence-corrected chi connectivity index (χ2v) is 5.25. The van der Waals surface area contributed by atoms with Crippen molar-refractivity contribution >= 4 is 17.2 Å². The zero-order chi connectivity index (χ0) is 12.1. The molecular formula is C12H19N2O2S+. The van der Waals surface area contributed by atoms with E-state index in [0.717, 1.165) is 26.3 Å². The van der Waals surface area contributed by atoms with Crippen molar-refractivity contribution in [2.45, 2.75) is 13.0 Å². The van der Waals surface area contributed by atoms with E-state index in [2.05, 4.69) is 22.8 Å². The maximum Gasteiger partial charge on any atom is 0.217 e. The molecule has 0 aromatic carbocycles. The van der Waals surface area contributed by atoms with Crippen molar-refractivity contribution < 1.29 is 14.4 Å². The SMILES string of the molecule is CC(=O)NC[C@@H](c1cccs1)[NH+]1CCOCC1. The van der Waals surface area contributed by atoms with Crippen molar-refractivity contribution in [1.29, 1.82) is 0 Å². The molecule has 0 saturated carbocycles. The number of amides is 1. The number of hydrogen-bond acceptors (Lipinski definition) is 3. The van der Waals surface area contributed by atoms with Gasteiger partial charge >= 0.3 is 0 Å². The smallest absolute Gasteiger partial charge is 0.217 e.